The summed E-state index contributed by atoms with van der Waals surface area (Å²) < 4.78 is 53.3. The molecule has 11 nitrogen and oxygen atoms in total. The molecule has 0 saturated carbocycles. The molecule has 3 aromatic rings. The molecule has 0 radical (unpaired) electrons. The Morgan fingerprint density at radius 1 is 1.07 bits per heavy atom. The zero-order chi connectivity index (χ0) is 31.4. The Balaban J connectivity index is 1.26. The molecular weight excluding hydrogens is 601 g/mol. The van der Waals surface area contributed by atoms with Gasteiger partial charge in [-0.3, -0.25) is 9.59 Å². The lowest BCUT2D eigenvalue weighted by atomic mass is 9.91. The van der Waals surface area contributed by atoms with Gasteiger partial charge in [-0.1, -0.05) is 67.2 Å². The second-order valence-corrected chi connectivity index (χ2v) is 11.8. The number of alkyl halides is 3. The number of hydrogen-bond donors (Lipinski definition) is 2. The molecule has 1 aromatic heterocycles. The smallest absolute Gasteiger partial charge is 0.392 e. The Bertz CT molecular complexity index is 1440. The van der Waals surface area contributed by atoms with Crippen molar-refractivity contribution in [2.75, 3.05) is 12.3 Å². The number of rotatable bonds is 9. The average Bonchev–Trinajstić information content (AvgIpc) is 3.68. The van der Waals surface area contributed by atoms with Crippen molar-refractivity contribution in [2.24, 2.45) is 13.0 Å². The van der Waals surface area contributed by atoms with Gasteiger partial charge in [-0.05, 0) is 40.0 Å². The van der Waals surface area contributed by atoms with E-state index in [-0.39, 0.29) is 44.2 Å². The van der Waals surface area contributed by atoms with Gasteiger partial charge >= 0.3 is 12.1 Å². The monoisotopic (exact) mass is 634 g/mol. The Hall–Kier alpha value is -3.53. The van der Waals surface area contributed by atoms with E-state index >= 15 is 0 Å². The Morgan fingerprint density at radius 3 is 2.39 bits per heavy atom. The molecule has 44 heavy (non-hydrogen) atoms. The van der Waals surface area contributed by atoms with Crippen LogP contribution in [0.5, 0.6) is 0 Å². The van der Waals surface area contributed by atoms with Crippen LogP contribution < -0.4 is 5.32 Å². The molecule has 5 rings (SSSR count). The van der Waals surface area contributed by atoms with Gasteiger partial charge in [0, 0.05) is 37.4 Å². The van der Waals surface area contributed by atoms with Crippen LogP contribution in [0.15, 0.2) is 53.7 Å². The summed E-state index contributed by atoms with van der Waals surface area (Å²) in [5, 5.41) is 24.4. The quantitative estimate of drug-likeness (QED) is 0.340. The Labute approximate surface area is 256 Å². The highest BCUT2D eigenvalue weighted by atomic mass is 32.2. The number of ether oxygens (including phenoxy) is 2. The summed E-state index contributed by atoms with van der Waals surface area (Å²) in [5.41, 5.74) is 3.21. The number of aliphatic hydroxyl groups is 1. The number of carbonyl (C=O) groups excluding carboxylic acids is 2. The van der Waals surface area contributed by atoms with Crippen LogP contribution in [0, 0.1) is 5.92 Å². The fourth-order valence-corrected chi connectivity index (χ4v) is 6.37. The first-order valence-electron chi connectivity index (χ1n) is 14.1. The highest BCUT2D eigenvalue weighted by molar-refractivity contribution is 7.99. The van der Waals surface area contributed by atoms with E-state index < -0.39 is 30.3 Å². The van der Waals surface area contributed by atoms with Crippen LogP contribution in [0.3, 0.4) is 0 Å². The number of carbonyl (C=O) groups is 2. The SMILES string of the molecule is C[C@H]1[C@@H](CSc2nnnn2C)O[C@@H](c2ccc(CNC(=O)[C@@H]3CCCN3C(=O)C(F)(F)F)cc2)O[C@H]1c1ccc(CO)cc1. The summed E-state index contributed by atoms with van der Waals surface area (Å²) in [6.45, 7) is 1.97. The molecule has 0 spiro atoms. The van der Waals surface area contributed by atoms with Crippen molar-refractivity contribution in [1.82, 2.24) is 30.4 Å². The lowest BCUT2D eigenvalue weighted by Gasteiger charge is -2.41. The van der Waals surface area contributed by atoms with Crippen molar-refractivity contribution in [3.05, 3.63) is 70.8 Å². The zero-order valence-electron chi connectivity index (χ0n) is 24.1. The molecule has 2 N–H and O–H groups in total. The van der Waals surface area contributed by atoms with Gasteiger partial charge in [-0.25, -0.2) is 4.68 Å². The first-order chi connectivity index (χ1) is 21.0. The zero-order valence-corrected chi connectivity index (χ0v) is 24.9. The van der Waals surface area contributed by atoms with Crippen LogP contribution in [0.2, 0.25) is 0 Å². The van der Waals surface area contributed by atoms with E-state index in [4.69, 9.17) is 9.47 Å². The largest absolute Gasteiger partial charge is 0.471 e. The lowest BCUT2D eigenvalue weighted by Crippen LogP contribution is -2.50. The van der Waals surface area contributed by atoms with Gasteiger partial charge in [-0.15, -0.1) is 5.10 Å². The minimum atomic E-state index is -5.02. The van der Waals surface area contributed by atoms with Gasteiger partial charge < -0.3 is 24.8 Å². The molecule has 236 valence electrons. The van der Waals surface area contributed by atoms with Gasteiger partial charge in [0.2, 0.25) is 11.1 Å². The number of nitrogens with zero attached hydrogens (tertiary/aromatic N) is 5. The minimum Gasteiger partial charge on any atom is -0.392 e. The number of amides is 2. The summed E-state index contributed by atoms with van der Waals surface area (Å²) >= 11 is 1.48. The van der Waals surface area contributed by atoms with E-state index in [0.29, 0.717) is 22.2 Å². The van der Waals surface area contributed by atoms with Gasteiger partial charge in [-0.2, -0.15) is 13.2 Å². The molecular formula is C29H33F3N6O5S. The molecule has 2 aliphatic rings. The minimum absolute atomic E-state index is 0.0335. The molecule has 2 aromatic carbocycles. The van der Waals surface area contributed by atoms with Gasteiger partial charge in [0.1, 0.15) is 6.04 Å². The first-order valence-corrected chi connectivity index (χ1v) is 15.1. The molecule has 2 aliphatic heterocycles. The molecule has 0 unspecified atom stereocenters. The normalized spacial score (nSPS) is 24.0. The predicted octanol–water partition coefficient (Wildman–Crippen LogP) is 3.46. The molecule has 2 saturated heterocycles. The van der Waals surface area contributed by atoms with Crippen molar-refractivity contribution in [1.29, 1.82) is 0 Å². The first kappa shape index (κ1) is 31.9. The number of aromatic nitrogens is 4. The molecule has 0 bridgehead atoms. The fraction of sp³-hybridized carbons (Fsp3) is 0.483. The fourth-order valence-electron chi connectivity index (χ4n) is 5.35. The highest BCUT2D eigenvalue weighted by Crippen LogP contribution is 2.43. The number of likely N-dealkylation sites (tertiary alicyclic amines) is 1. The Morgan fingerprint density at radius 2 is 1.75 bits per heavy atom. The summed E-state index contributed by atoms with van der Waals surface area (Å²) in [5.74, 6) is -2.08. The maximum atomic E-state index is 12.9. The molecule has 2 fully saturated rings. The van der Waals surface area contributed by atoms with Crippen molar-refractivity contribution < 1.29 is 37.3 Å². The second kappa shape index (κ2) is 13.6. The maximum Gasteiger partial charge on any atom is 0.471 e. The third-order valence-corrected chi connectivity index (χ3v) is 8.96. The number of aryl methyl sites for hydroxylation is 1. The molecule has 5 atom stereocenters. The number of tetrazole rings is 1. The summed E-state index contributed by atoms with van der Waals surface area (Å²) in [7, 11) is 1.76. The number of halogens is 3. The van der Waals surface area contributed by atoms with Crippen LogP contribution in [-0.4, -0.2) is 72.6 Å². The van der Waals surface area contributed by atoms with E-state index in [0.717, 1.165) is 22.3 Å². The average molecular weight is 635 g/mol. The van der Waals surface area contributed by atoms with Crippen LogP contribution in [0.4, 0.5) is 13.2 Å². The predicted molar refractivity (Wildman–Crippen MR) is 152 cm³/mol. The van der Waals surface area contributed by atoms with Gasteiger partial charge in [0.15, 0.2) is 6.29 Å². The topological polar surface area (TPSA) is 132 Å². The number of thioether (sulfide) groups is 1. The number of benzene rings is 2. The van der Waals surface area contributed by atoms with Crippen LogP contribution >= 0.6 is 11.8 Å². The molecule has 15 heteroatoms. The number of aliphatic hydroxyl groups excluding tert-OH is 1. The summed E-state index contributed by atoms with van der Waals surface area (Å²) in [6.07, 6.45) is -5.76. The standard InChI is InChI=1S/C29H33F3N6O5S/c1-17-23(16-44-28-34-35-36-37(28)2)42-26(43-24(17)20-9-7-19(15-39)8-10-20)21-11-5-18(6-12-21)14-33-25(40)22-4-3-13-38(22)27(41)29(30,31)32/h5-12,17,22-24,26,39H,3-4,13-16H2,1-2H3,(H,33,40)/t17-,22-,23+,24+,26+/m0/s1. The van der Waals surface area contributed by atoms with Crippen LogP contribution in [0.25, 0.3) is 0 Å². The van der Waals surface area contributed by atoms with E-state index in [1.807, 2.05) is 36.4 Å². The van der Waals surface area contributed by atoms with Crippen molar-refractivity contribution >= 4 is 23.6 Å². The number of nitrogens with one attached hydrogen (secondary N) is 1. The van der Waals surface area contributed by atoms with Crippen molar-refractivity contribution in [3.8, 4) is 0 Å². The maximum absolute atomic E-state index is 12.9. The van der Waals surface area contributed by atoms with E-state index in [1.54, 1.807) is 23.9 Å². The third kappa shape index (κ3) is 7.22. The van der Waals surface area contributed by atoms with E-state index in [1.165, 1.54) is 11.8 Å². The summed E-state index contributed by atoms with van der Waals surface area (Å²) in [6, 6.07) is 13.7. The Kier molecular flexibility index (Phi) is 9.87. The van der Waals surface area contributed by atoms with Gasteiger partial charge in [0.25, 0.3) is 0 Å². The van der Waals surface area contributed by atoms with Crippen LogP contribution in [0.1, 0.15) is 54.4 Å². The molecule has 2 amide bonds. The second-order valence-electron chi connectivity index (χ2n) is 10.8. The third-order valence-electron chi connectivity index (χ3n) is 7.86. The summed E-state index contributed by atoms with van der Waals surface area (Å²) in [4.78, 5) is 25.0. The van der Waals surface area contributed by atoms with Crippen molar-refractivity contribution in [3.63, 3.8) is 0 Å². The highest BCUT2D eigenvalue weighted by Gasteiger charge is 2.47. The molecule has 3 heterocycles. The lowest BCUT2D eigenvalue weighted by molar-refractivity contribution is -0.268. The molecule has 0 aliphatic carbocycles. The van der Waals surface area contributed by atoms with Gasteiger partial charge in [0.05, 0.1) is 18.8 Å². The van der Waals surface area contributed by atoms with E-state index in [2.05, 4.69) is 27.8 Å². The number of hydrogen-bond acceptors (Lipinski definition) is 9. The van der Waals surface area contributed by atoms with E-state index in [9.17, 15) is 27.9 Å². The van der Waals surface area contributed by atoms with Crippen LogP contribution in [-0.2, 0) is 39.3 Å². The van der Waals surface area contributed by atoms with Crippen molar-refractivity contribution in [2.45, 2.75) is 68.8 Å².